The molecule has 336 valence electrons. The third-order valence-electron chi connectivity index (χ3n) is 10.6. The summed E-state index contributed by atoms with van der Waals surface area (Å²) < 4.78 is 0. The number of nitrogens with zero attached hydrogens (tertiary/aromatic N) is 10. The van der Waals surface area contributed by atoms with Crippen LogP contribution in [0, 0.1) is 27.7 Å². The lowest BCUT2D eigenvalue weighted by Gasteiger charge is -2.12. The predicted octanol–water partition coefficient (Wildman–Crippen LogP) is 9.31. The van der Waals surface area contributed by atoms with Crippen LogP contribution in [0.3, 0.4) is 0 Å². The molecule has 0 aliphatic heterocycles. The van der Waals surface area contributed by atoms with Gasteiger partial charge in [-0.25, -0.2) is 39.9 Å². The van der Waals surface area contributed by atoms with Gasteiger partial charge >= 0.3 is 0 Å². The molecule has 16 nitrogen and oxygen atoms in total. The number of rotatable bonds is 8. The highest BCUT2D eigenvalue weighted by molar-refractivity contribution is 6.33. The Hall–Kier alpha value is -6.82. The molecule has 0 radical (unpaired) electrons. The van der Waals surface area contributed by atoms with E-state index in [1.807, 2.05) is 76.2 Å². The Kier molecular flexibility index (Phi) is 14.7. The number of nitrogens with two attached hydrogens (primary N) is 3. The van der Waals surface area contributed by atoms with Crippen molar-refractivity contribution < 1.29 is 0 Å². The Morgan fingerprint density at radius 1 is 0.576 bits per heavy atom. The minimum absolute atomic E-state index is 0. The first-order valence-electron chi connectivity index (χ1n) is 20.3. The summed E-state index contributed by atoms with van der Waals surface area (Å²) in [6, 6.07) is 19.7. The van der Waals surface area contributed by atoms with Crippen molar-refractivity contribution in [2.24, 2.45) is 5.73 Å². The average molecular weight is 963 g/mol. The van der Waals surface area contributed by atoms with Gasteiger partial charge in [-0.1, -0.05) is 46.9 Å². The van der Waals surface area contributed by atoms with Crippen LogP contribution >= 0.6 is 47.2 Å². The summed E-state index contributed by atoms with van der Waals surface area (Å²) >= 11 is 18.1. The molecule has 0 unspecified atom stereocenters. The molecular weight excluding hydrogens is 918 g/mol. The third kappa shape index (κ3) is 11.0. The van der Waals surface area contributed by atoms with Gasteiger partial charge in [0, 0.05) is 60.5 Å². The highest BCUT2D eigenvalue weighted by atomic mass is 35.5. The Labute approximate surface area is 400 Å². The van der Waals surface area contributed by atoms with Gasteiger partial charge in [-0.05, 0) is 110 Å². The second-order valence-electron chi connectivity index (χ2n) is 15.3. The average Bonchev–Trinajstić information content (AvgIpc) is 3.88. The van der Waals surface area contributed by atoms with Gasteiger partial charge in [-0.3, -0.25) is 9.97 Å². The Bertz CT molecular complexity index is 3310. The van der Waals surface area contributed by atoms with Crippen molar-refractivity contribution >= 4 is 109 Å². The minimum Gasteiger partial charge on any atom is -0.384 e. The normalized spacial score (nSPS) is 11.0. The number of benzene rings is 2. The number of nitrogens with one attached hydrogen (secondary N) is 3. The van der Waals surface area contributed by atoms with Gasteiger partial charge in [0.15, 0.2) is 22.3 Å². The van der Waals surface area contributed by atoms with E-state index in [-0.39, 0.29) is 12.4 Å². The third-order valence-corrected chi connectivity index (χ3v) is 11.3. The first-order valence-corrected chi connectivity index (χ1v) is 21.5. The fraction of sp³-hybridized carbons (Fsp3) is 0.174. The topological polar surface area (TPSA) is 251 Å². The van der Waals surface area contributed by atoms with Crippen molar-refractivity contribution in [1.29, 1.82) is 0 Å². The largest absolute Gasteiger partial charge is 0.384 e. The van der Waals surface area contributed by atoms with Crippen molar-refractivity contribution in [2.75, 3.05) is 16.8 Å². The van der Waals surface area contributed by atoms with Crippen LogP contribution in [0.15, 0.2) is 85.7 Å². The van der Waals surface area contributed by atoms with Crippen LogP contribution in [0.2, 0.25) is 15.2 Å². The number of pyridine rings is 4. The van der Waals surface area contributed by atoms with E-state index < -0.39 is 0 Å². The van der Waals surface area contributed by atoms with E-state index in [1.165, 1.54) is 12.7 Å². The van der Waals surface area contributed by atoms with Crippen molar-refractivity contribution in [2.45, 2.75) is 53.6 Å². The van der Waals surface area contributed by atoms with Crippen LogP contribution < -0.4 is 22.5 Å². The predicted molar refractivity (Wildman–Crippen MR) is 266 cm³/mol. The molecule has 9 N–H and O–H groups in total. The highest BCUT2D eigenvalue weighted by Gasteiger charge is 2.13. The van der Waals surface area contributed by atoms with Crippen LogP contribution in [-0.4, -0.2) is 59.8 Å². The first kappa shape index (κ1) is 47.2. The number of aromatic amines is 2. The van der Waals surface area contributed by atoms with Crippen molar-refractivity contribution in [1.82, 2.24) is 59.8 Å². The number of H-pyrrole nitrogens is 2. The van der Waals surface area contributed by atoms with Gasteiger partial charge in [-0.15, -0.1) is 12.4 Å². The van der Waals surface area contributed by atoms with E-state index in [1.54, 1.807) is 12.4 Å². The standard InChI is InChI=1S/C23H21ClN8.C15H9Cl2N5.C8H13N3.ClH/c1-12-5-19(25)30-13(2)17(12)10-27-22-21-23(29-11-28-22)32-20(31-21)7-14-3-4-18-15(6-14)8-16(24)9-26-18;16-10-5-9-3-8(1-2-11(9)18-6-10)4-12-21-13-14(17)19-7-20-15(13)22-12;1-5-3-8(10)11-6(2)7(5)4-9;/h3-6,8-9,11H,7,10H2,1-2H3,(H2,25,30)(H2,27,28,29,31,32);1-3,5-7H,4H2,(H,19,20,21,22);3H,4,9H2,1-2H3,(H2,10,11);1H. The van der Waals surface area contributed by atoms with E-state index in [0.717, 1.165) is 83.7 Å². The number of fused-ring (bicyclic) bond motifs is 4. The zero-order chi connectivity index (χ0) is 45.8. The van der Waals surface area contributed by atoms with Gasteiger partial charge < -0.3 is 32.5 Å². The summed E-state index contributed by atoms with van der Waals surface area (Å²) in [5.41, 5.74) is 29.7. The molecule has 0 aliphatic carbocycles. The van der Waals surface area contributed by atoms with Gasteiger partial charge in [0.05, 0.1) is 21.1 Å². The first-order chi connectivity index (χ1) is 31.3. The number of nitrogen functional groups attached to an aromatic ring is 2. The molecule has 0 atom stereocenters. The second-order valence-corrected chi connectivity index (χ2v) is 16.5. The quantitative estimate of drug-likeness (QED) is 0.0777. The lowest BCUT2D eigenvalue weighted by atomic mass is 10.1. The van der Waals surface area contributed by atoms with E-state index in [4.69, 9.17) is 52.0 Å². The van der Waals surface area contributed by atoms with Gasteiger partial charge in [0.25, 0.3) is 0 Å². The number of aryl methyl sites for hydroxylation is 4. The molecule has 2 aromatic carbocycles. The Balaban J connectivity index is 0.000000164. The molecule has 0 amide bonds. The molecule has 0 bridgehead atoms. The summed E-state index contributed by atoms with van der Waals surface area (Å²) in [5.74, 6) is 3.38. The molecule has 0 aliphatic rings. The van der Waals surface area contributed by atoms with Crippen LogP contribution in [0.4, 0.5) is 17.5 Å². The lowest BCUT2D eigenvalue weighted by molar-refractivity contribution is 0.990. The SMILES string of the molecule is Cc1cc(N)nc(C)c1CN.Cc1cc(N)nc(C)c1CNc1ncnc2nc(Cc3ccc4ncc(Cl)cc4c3)[nH]c12.Cl.Clc1cnc2ccc(Cc3nc4ncnc(Cl)c4[nH]3)cc2c1. The van der Waals surface area contributed by atoms with Crippen molar-refractivity contribution in [3.63, 3.8) is 0 Å². The highest BCUT2D eigenvalue weighted by Crippen LogP contribution is 2.25. The molecule has 0 fully saturated rings. The summed E-state index contributed by atoms with van der Waals surface area (Å²) in [4.78, 5) is 49.5. The molecular formula is C46H44Cl4N16. The summed E-state index contributed by atoms with van der Waals surface area (Å²) in [5, 5.41) is 6.99. The van der Waals surface area contributed by atoms with E-state index >= 15 is 0 Å². The Morgan fingerprint density at radius 2 is 1.08 bits per heavy atom. The van der Waals surface area contributed by atoms with Crippen molar-refractivity contribution in [3.8, 4) is 0 Å². The molecule has 0 spiro atoms. The monoisotopic (exact) mass is 960 g/mol. The van der Waals surface area contributed by atoms with E-state index in [2.05, 4.69) is 77.3 Å². The maximum atomic E-state index is 6.09. The second kappa shape index (κ2) is 20.6. The summed E-state index contributed by atoms with van der Waals surface area (Å²) in [6.07, 6.45) is 7.47. The molecule has 66 heavy (non-hydrogen) atoms. The van der Waals surface area contributed by atoms with Crippen LogP contribution in [-0.2, 0) is 25.9 Å². The number of anilines is 3. The zero-order valence-corrected chi connectivity index (χ0v) is 39.2. The number of hydrogen-bond donors (Lipinski definition) is 6. The number of hydrogen-bond acceptors (Lipinski definition) is 14. The molecule has 0 saturated carbocycles. The smallest absolute Gasteiger partial charge is 0.183 e. The number of halogens is 4. The lowest BCUT2D eigenvalue weighted by Crippen LogP contribution is -2.08. The Morgan fingerprint density at radius 3 is 1.59 bits per heavy atom. The zero-order valence-electron chi connectivity index (χ0n) is 36.2. The fourth-order valence-corrected chi connectivity index (χ4v) is 7.97. The molecule has 20 heteroatoms. The van der Waals surface area contributed by atoms with E-state index in [9.17, 15) is 0 Å². The van der Waals surface area contributed by atoms with E-state index in [0.29, 0.717) is 75.4 Å². The molecule has 8 aromatic heterocycles. The van der Waals surface area contributed by atoms with Gasteiger partial charge in [0.1, 0.15) is 47.0 Å². The maximum absolute atomic E-state index is 6.09. The van der Waals surface area contributed by atoms with Gasteiger partial charge in [-0.2, -0.15) is 0 Å². The summed E-state index contributed by atoms with van der Waals surface area (Å²) in [7, 11) is 0. The fourth-order valence-electron chi connectivity index (χ4n) is 7.46. The molecule has 10 rings (SSSR count). The van der Waals surface area contributed by atoms with Gasteiger partial charge in [0.2, 0.25) is 0 Å². The molecule has 8 heterocycles. The van der Waals surface area contributed by atoms with Crippen LogP contribution in [0.5, 0.6) is 0 Å². The molecule has 0 saturated heterocycles. The number of imidazole rings is 2. The summed E-state index contributed by atoms with van der Waals surface area (Å²) in [6.45, 7) is 9.00. The maximum Gasteiger partial charge on any atom is 0.183 e. The van der Waals surface area contributed by atoms with Crippen LogP contribution in [0.25, 0.3) is 44.1 Å². The number of aromatic nitrogens is 12. The van der Waals surface area contributed by atoms with Crippen molar-refractivity contribution in [3.05, 3.63) is 157 Å². The minimum atomic E-state index is 0. The molecule has 10 aromatic rings. The van der Waals surface area contributed by atoms with Crippen LogP contribution in [0.1, 0.15) is 56.4 Å².